The number of methoxy groups -OCH3 is 1. The number of halogens is 2. The summed E-state index contributed by atoms with van der Waals surface area (Å²) < 4.78 is 30.4. The number of anilines is 2. The fourth-order valence-electron chi connectivity index (χ4n) is 3.44. The Kier molecular flexibility index (Phi) is 7.01. The third kappa shape index (κ3) is 5.33. The number of benzene rings is 2. The minimum absolute atomic E-state index is 0.0364. The molecular weight excluding hydrogens is 422 g/mol. The quantitative estimate of drug-likeness (QED) is 0.519. The van der Waals surface area contributed by atoms with E-state index in [1.54, 1.807) is 13.2 Å². The highest BCUT2D eigenvalue weighted by atomic mass is 35.5. The SMILES string of the molecule is [11CH3]Oc1cc2ncnc(Nc3ccc(F)c(Cl)c3)c2cc1OCCCN1CCOCC1. The summed E-state index contributed by atoms with van der Waals surface area (Å²) in [7, 11) is 1.60. The van der Waals surface area contributed by atoms with Gasteiger partial charge in [0.2, 0.25) is 0 Å². The zero-order valence-corrected chi connectivity index (χ0v) is 18.0. The van der Waals surface area contributed by atoms with Gasteiger partial charge in [0.15, 0.2) is 11.5 Å². The predicted octanol–water partition coefficient (Wildman–Crippen LogP) is 4.28. The number of fused-ring (bicyclic) bond motifs is 1. The van der Waals surface area contributed by atoms with Gasteiger partial charge in [-0.1, -0.05) is 11.6 Å². The molecule has 0 radical (unpaired) electrons. The van der Waals surface area contributed by atoms with E-state index in [4.69, 9.17) is 25.8 Å². The van der Waals surface area contributed by atoms with E-state index in [0.29, 0.717) is 35.1 Å². The molecule has 1 saturated heterocycles. The summed E-state index contributed by atoms with van der Waals surface area (Å²) in [6.45, 7) is 5.00. The molecular formula is C22H24ClFN4O3. The first-order valence-electron chi connectivity index (χ1n) is 10.1. The third-order valence-electron chi connectivity index (χ3n) is 5.08. The molecule has 0 saturated carbocycles. The lowest BCUT2D eigenvalue weighted by Crippen LogP contribution is -2.37. The zero-order chi connectivity index (χ0) is 21.6. The molecule has 31 heavy (non-hydrogen) atoms. The molecule has 1 aliphatic rings. The highest BCUT2D eigenvalue weighted by Gasteiger charge is 2.14. The van der Waals surface area contributed by atoms with Crippen molar-refractivity contribution >= 4 is 34.0 Å². The van der Waals surface area contributed by atoms with Crippen LogP contribution < -0.4 is 14.8 Å². The topological polar surface area (TPSA) is 68.7 Å². The van der Waals surface area contributed by atoms with Crippen LogP contribution >= 0.6 is 11.6 Å². The highest BCUT2D eigenvalue weighted by Crippen LogP contribution is 2.35. The van der Waals surface area contributed by atoms with Gasteiger partial charge >= 0.3 is 0 Å². The van der Waals surface area contributed by atoms with Crippen molar-refractivity contribution < 1.29 is 18.6 Å². The van der Waals surface area contributed by atoms with E-state index in [2.05, 4.69) is 20.2 Å². The zero-order valence-electron chi connectivity index (χ0n) is 17.2. The van der Waals surface area contributed by atoms with E-state index in [-0.39, 0.29) is 5.02 Å². The lowest BCUT2D eigenvalue weighted by Gasteiger charge is -2.26. The van der Waals surface area contributed by atoms with Crippen LogP contribution in [0.5, 0.6) is 11.5 Å². The Morgan fingerprint density at radius 2 is 2.00 bits per heavy atom. The van der Waals surface area contributed by atoms with Crippen LogP contribution in [0.1, 0.15) is 6.42 Å². The van der Waals surface area contributed by atoms with Crippen LogP contribution in [0.2, 0.25) is 5.02 Å². The van der Waals surface area contributed by atoms with E-state index in [0.717, 1.165) is 44.7 Å². The van der Waals surface area contributed by atoms with Crippen LogP contribution in [0.3, 0.4) is 0 Å². The van der Waals surface area contributed by atoms with Crippen LogP contribution in [0.4, 0.5) is 15.9 Å². The van der Waals surface area contributed by atoms with Crippen LogP contribution in [0, 0.1) is 5.82 Å². The van der Waals surface area contributed by atoms with Gasteiger partial charge in [0.1, 0.15) is 18.0 Å². The second-order valence-corrected chi connectivity index (χ2v) is 7.56. The van der Waals surface area contributed by atoms with Gasteiger partial charge in [0.25, 0.3) is 0 Å². The minimum atomic E-state index is -0.475. The summed E-state index contributed by atoms with van der Waals surface area (Å²) in [5, 5.41) is 3.97. The smallest absolute Gasteiger partial charge is 0.162 e. The van der Waals surface area contributed by atoms with E-state index >= 15 is 0 Å². The van der Waals surface area contributed by atoms with E-state index in [1.807, 2.05) is 12.1 Å². The van der Waals surface area contributed by atoms with E-state index < -0.39 is 5.82 Å². The van der Waals surface area contributed by atoms with Crippen molar-refractivity contribution in [3.63, 3.8) is 0 Å². The highest BCUT2D eigenvalue weighted by molar-refractivity contribution is 6.31. The maximum Gasteiger partial charge on any atom is 0.162 e. The molecule has 1 aromatic heterocycles. The van der Waals surface area contributed by atoms with Gasteiger partial charge in [0, 0.05) is 36.8 Å². The van der Waals surface area contributed by atoms with Crippen LogP contribution in [0.15, 0.2) is 36.7 Å². The van der Waals surface area contributed by atoms with Crippen molar-refractivity contribution in [3.05, 3.63) is 47.5 Å². The van der Waals surface area contributed by atoms with Gasteiger partial charge in [-0.3, -0.25) is 4.90 Å². The maximum absolute atomic E-state index is 13.5. The number of rotatable bonds is 8. The molecule has 0 amide bonds. The van der Waals surface area contributed by atoms with Gasteiger partial charge in [-0.15, -0.1) is 0 Å². The van der Waals surface area contributed by atoms with Gasteiger partial charge in [0.05, 0.1) is 37.5 Å². The normalized spacial score (nSPS) is 14.5. The first-order chi connectivity index (χ1) is 15.1. The fourth-order valence-corrected chi connectivity index (χ4v) is 3.62. The van der Waals surface area contributed by atoms with E-state index in [1.165, 1.54) is 18.5 Å². The molecule has 1 aliphatic heterocycles. The molecule has 2 heterocycles. The van der Waals surface area contributed by atoms with Crippen molar-refractivity contribution in [3.8, 4) is 11.5 Å². The van der Waals surface area contributed by atoms with Gasteiger partial charge in [-0.25, -0.2) is 14.4 Å². The minimum Gasteiger partial charge on any atom is -0.493 e. The molecule has 2 aromatic carbocycles. The molecule has 0 atom stereocenters. The molecule has 4 rings (SSSR count). The van der Waals surface area contributed by atoms with Crippen LogP contribution in [-0.2, 0) is 4.74 Å². The lowest BCUT2D eigenvalue weighted by molar-refractivity contribution is 0.0357. The van der Waals surface area contributed by atoms with Gasteiger partial charge in [-0.2, -0.15) is 0 Å². The molecule has 3 aromatic rings. The Labute approximate surface area is 185 Å². The molecule has 0 bridgehead atoms. The van der Waals surface area contributed by atoms with Crippen LogP contribution in [-0.4, -0.2) is 61.4 Å². The Morgan fingerprint density at radius 3 is 2.77 bits per heavy atom. The average Bonchev–Trinajstić information content (AvgIpc) is 2.79. The summed E-state index contributed by atoms with van der Waals surface area (Å²) in [5.74, 6) is 1.31. The maximum atomic E-state index is 13.5. The first kappa shape index (κ1) is 21.5. The Balaban J connectivity index is 1.51. The summed E-state index contributed by atoms with van der Waals surface area (Å²) in [6, 6.07) is 8.09. The molecule has 1 fully saturated rings. The number of morpholine rings is 1. The van der Waals surface area contributed by atoms with Crippen LogP contribution in [0.25, 0.3) is 10.9 Å². The first-order valence-corrected chi connectivity index (χ1v) is 10.5. The average molecular weight is 446 g/mol. The predicted molar refractivity (Wildman–Crippen MR) is 118 cm³/mol. The Bertz CT molecular complexity index is 1050. The Morgan fingerprint density at radius 1 is 1.16 bits per heavy atom. The molecule has 0 aliphatic carbocycles. The number of hydrogen-bond acceptors (Lipinski definition) is 7. The number of hydrogen-bond donors (Lipinski definition) is 1. The number of ether oxygens (including phenoxy) is 3. The Hall–Kier alpha value is -2.68. The van der Waals surface area contributed by atoms with Crippen molar-refractivity contribution in [1.82, 2.24) is 14.9 Å². The van der Waals surface area contributed by atoms with Crippen molar-refractivity contribution in [2.24, 2.45) is 0 Å². The standard InChI is InChI=1S/C22H24ClFN4O3/c1-29-20-13-19-16(12-21(20)31-8-2-5-28-6-9-30-10-7-28)22(26-14-25-19)27-15-3-4-18(24)17(23)11-15/h3-4,11-14H,2,5-10H2,1H3,(H,25,26,27)/i1-1. The summed E-state index contributed by atoms with van der Waals surface area (Å²) in [5.41, 5.74) is 1.32. The number of nitrogens with one attached hydrogen (secondary N) is 1. The fraction of sp³-hybridized carbons (Fsp3) is 0.364. The molecule has 9 heteroatoms. The number of aromatic nitrogens is 2. The summed E-state index contributed by atoms with van der Waals surface area (Å²) in [6.07, 6.45) is 2.35. The molecule has 0 spiro atoms. The monoisotopic (exact) mass is 445 g/mol. The summed E-state index contributed by atoms with van der Waals surface area (Å²) >= 11 is 5.90. The van der Waals surface area contributed by atoms with E-state index in [9.17, 15) is 4.39 Å². The van der Waals surface area contributed by atoms with Crippen molar-refractivity contribution in [2.75, 3.05) is 51.9 Å². The van der Waals surface area contributed by atoms with Crippen molar-refractivity contribution in [2.45, 2.75) is 6.42 Å². The number of nitrogens with zero attached hydrogens (tertiary/aromatic N) is 3. The van der Waals surface area contributed by atoms with Gasteiger partial charge < -0.3 is 19.5 Å². The molecule has 7 nitrogen and oxygen atoms in total. The molecule has 164 valence electrons. The molecule has 0 unspecified atom stereocenters. The molecule has 1 N–H and O–H groups in total. The second kappa shape index (κ2) is 10.1. The lowest BCUT2D eigenvalue weighted by atomic mass is 10.2. The van der Waals surface area contributed by atoms with Crippen molar-refractivity contribution in [1.29, 1.82) is 0 Å². The van der Waals surface area contributed by atoms with Gasteiger partial charge in [-0.05, 0) is 30.7 Å². The third-order valence-corrected chi connectivity index (χ3v) is 5.37. The largest absolute Gasteiger partial charge is 0.493 e. The summed E-state index contributed by atoms with van der Waals surface area (Å²) in [4.78, 5) is 11.0. The second-order valence-electron chi connectivity index (χ2n) is 7.15.